The standard InChI is InChI=1S/C13H24N2O2S/c1-2-12(14-11-3-9-18-10-4-11)13(16)15-5-7-17-8-6-15/h11-12,14H,2-10H2,1H3. The number of hydrogen-bond acceptors (Lipinski definition) is 4. The number of hydrogen-bond donors (Lipinski definition) is 1. The van der Waals surface area contributed by atoms with Crippen molar-refractivity contribution in [3.63, 3.8) is 0 Å². The van der Waals surface area contributed by atoms with Gasteiger partial charge in [-0.2, -0.15) is 11.8 Å². The van der Waals surface area contributed by atoms with Crippen LogP contribution in [0.4, 0.5) is 0 Å². The van der Waals surface area contributed by atoms with Gasteiger partial charge < -0.3 is 15.0 Å². The number of carbonyl (C=O) groups is 1. The fraction of sp³-hybridized carbons (Fsp3) is 0.923. The van der Waals surface area contributed by atoms with Gasteiger partial charge in [0.2, 0.25) is 5.91 Å². The predicted octanol–water partition coefficient (Wildman–Crippen LogP) is 1.11. The molecule has 0 aromatic heterocycles. The Morgan fingerprint density at radius 3 is 2.67 bits per heavy atom. The zero-order valence-corrected chi connectivity index (χ0v) is 12.0. The zero-order valence-electron chi connectivity index (χ0n) is 11.2. The van der Waals surface area contributed by atoms with Crippen molar-refractivity contribution in [1.82, 2.24) is 10.2 Å². The molecule has 0 aromatic rings. The van der Waals surface area contributed by atoms with E-state index in [0.29, 0.717) is 19.3 Å². The maximum absolute atomic E-state index is 12.4. The summed E-state index contributed by atoms with van der Waals surface area (Å²) in [6, 6.07) is 0.525. The first-order valence-corrected chi connectivity index (χ1v) is 8.17. The van der Waals surface area contributed by atoms with Crippen LogP contribution in [0.2, 0.25) is 0 Å². The van der Waals surface area contributed by atoms with Gasteiger partial charge in [-0.05, 0) is 30.8 Å². The first-order valence-electron chi connectivity index (χ1n) is 7.01. The lowest BCUT2D eigenvalue weighted by Gasteiger charge is -2.33. The van der Waals surface area contributed by atoms with E-state index in [0.717, 1.165) is 19.5 Å². The third kappa shape index (κ3) is 3.87. The monoisotopic (exact) mass is 272 g/mol. The summed E-state index contributed by atoms with van der Waals surface area (Å²) in [5.41, 5.74) is 0. The molecule has 104 valence electrons. The molecular weight excluding hydrogens is 248 g/mol. The van der Waals surface area contributed by atoms with Crippen LogP contribution < -0.4 is 5.32 Å². The van der Waals surface area contributed by atoms with Gasteiger partial charge >= 0.3 is 0 Å². The van der Waals surface area contributed by atoms with Crippen molar-refractivity contribution in [3.8, 4) is 0 Å². The number of amides is 1. The number of ether oxygens (including phenoxy) is 1. The van der Waals surface area contributed by atoms with E-state index in [-0.39, 0.29) is 11.9 Å². The molecule has 1 amide bonds. The number of morpholine rings is 1. The Morgan fingerprint density at radius 1 is 1.39 bits per heavy atom. The van der Waals surface area contributed by atoms with E-state index in [4.69, 9.17) is 4.74 Å². The van der Waals surface area contributed by atoms with Crippen molar-refractivity contribution in [2.24, 2.45) is 0 Å². The fourth-order valence-electron chi connectivity index (χ4n) is 2.52. The maximum atomic E-state index is 12.4. The van der Waals surface area contributed by atoms with Crippen LogP contribution in [0.25, 0.3) is 0 Å². The predicted molar refractivity (Wildman–Crippen MR) is 75.0 cm³/mol. The van der Waals surface area contributed by atoms with Crippen molar-refractivity contribution in [1.29, 1.82) is 0 Å². The molecular formula is C13H24N2O2S. The topological polar surface area (TPSA) is 41.6 Å². The molecule has 2 aliphatic heterocycles. The van der Waals surface area contributed by atoms with Crippen molar-refractivity contribution >= 4 is 17.7 Å². The highest BCUT2D eigenvalue weighted by Crippen LogP contribution is 2.18. The van der Waals surface area contributed by atoms with Crippen LogP contribution in [0.5, 0.6) is 0 Å². The molecule has 4 nitrogen and oxygen atoms in total. The van der Waals surface area contributed by atoms with Crippen molar-refractivity contribution in [2.75, 3.05) is 37.8 Å². The van der Waals surface area contributed by atoms with E-state index in [9.17, 15) is 4.79 Å². The molecule has 1 atom stereocenters. The van der Waals surface area contributed by atoms with E-state index in [2.05, 4.69) is 12.2 Å². The smallest absolute Gasteiger partial charge is 0.239 e. The number of carbonyl (C=O) groups excluding carboxylic acids is 1. The Balaban J connectivity index is 1.84. The molecule has 2 aliphatic rings. The molecule has 0 saturated carbocycles. The Labute approximate surface area is 114 Å². The first kappa shape index (κ1) is 14.2. The third-order valence-electron chi connectivity index (χ3n) is 3.69. The van der Waals surface area contributed by atoms with Crippen molar-refractivity contribution in [2.45, 2.75) is 38.3 Å². The molecule has 2 fully saturated rings. The second kappa shape index (κ2) is 7.36. The number of thioether (sulfide) groups is 1. The largest absolute Gasteiger partial charge is 0.378 e. The highest BCUT2D eigenvalue weighted by Gasteiger charge is 2.26. The van der Waals surface area contributed by atoms with Gasteiger partial charge in [0, 0.05) is 19.1 Å². The van der Waals surface area contributed by atoms with E-state index in [1.807, 2.05) is 16.7 Å². The van der Waals surface area contributed by atoms with Gasteiger partial charge in [-0.3, -0.25) is 4.79 Å². The number of rotatable bonds is 4. The normalized spacial score (nSPS) is 23.9. The lowest BCUT2D eigenvalue weighted by atomic mass is 10.1. The minimum atomic E-state index is -0.00352. The molecule has 2 saturated heterocycles. The average Bonchev–Trinajstić information content (AvgIpc) is 2.46. The van der Waals surface area contributed by atoms with Crippen LogP contribution in [-0.2, 0) is 9.53 Å². The van der Waals surface area contributed by atoms with E-state index in [1.54, 1.807) is 0 Å². The van der Waals surface area contributed by atoms with Gasteiger partial charge in [-0.25, -0.2) is 0 Å². The second-order valence-corrected chi connectivity index (χ2v) is 6.18. The van der Waals surface area contributed by atoms with Gasteiger partial charge in [0.1, 0.15) is 0 Å². The van der Waals surface area contributed by atoms with Crippen LogP contribution >= 0.6 is 11.8 Å². The van der Waals surface area contributed by atoms with Gasteiger partial charge in [-0.15, -0.1) is 0 Å². The maximum Gasteiger partial charge on any atom is 0.239 e. The molecule has 2 heterocycles. The van der Waals surface area contributed by atoms with Gasteiger partial charge in [-0.1, -0.05) is 6.92 Å². The Bertz CT molecular complexity index is 264. The molecule has 0 aliphatic carbocycles. The minimum absolute atomic E-state index is 0.00352. The van der Waals surface area contributed by atoms with Crippen LogP contribution in [0.15, 0.2) is 0 Å². The fourth-order valence-corrected chi connectivity index (χ4v) is 3.62. The van der Waals surface area contributed by atoms with Crippen LogP contribution in [0.1, 0.15) is 26.2 Å². The van der Waals surface area contributed by atoms with E-state index >= 15 is 0 Å². The molecule has 0 radical (unpaired) electrons. The first-order chi connectivity index (χ1) is 8.81. The van der Waals surface area contributed by atoms with Crippen LogP contribution in [0.3, 0.4) is 0 Å². The Hall–Kier alpha value is -0.260. The van der Waals surface area contributed by atoms with E-state index < -0.39 is 0 Å². The van der Waals surface area contributed by atoms with Crippen LogP contribution in [0, 0.1) is 0 Å². The summed E-state index contributed by atoms with van der Waals surface area (Å²) in [7, 11) is 0. The van der Waals surface area contributed by atoms with Gasteiger partial charge in [0.25, 0.3) is 0 Å². The summed E-state index contributed by atoms with van der Waals surface area (Å²) < 4.78 is 5.30. The number of nitrogens with zero attached hydrogens (tertiary/aromatic N) is 1. The summed E-state index contributed by atoms with van der Waals surface area (Å²) in [4.78, 5) is 14.4. The molecule has 18 heavy (non-hydrogen) atoms. The summed E-state index contributed by atoms with van der Waals surface area (Å²) in [6.07, 6.45) is 3.26. The third-order valence-corrected chi connectivity index (χ3v) is 4.74. The summed E-state index contributed by atoms with van der Waals surface area (Å²) in [5.74, 6) is 2.71. The Kier molecular flexibility index (Phi) is 5.79. The van der Waals surface area contributed by atoms with E-state index in [1.165, 1.54) is 24.3 Å². The van der Waals surface area contributed by atoms with Crippen molar-refractivity contribution < 1.29 is 9.53 Å². The molecule has 0 aromatic carbocycles. The summed E-state index contributed by atoms with van der Waals surface area (Å²) >= 11 is 2.02. The highest BCUT2D eigenvalue weighted by atomic mass is 32.2. The summed E-state index contributed by atoms with van der Waals surface area (Å²) in [5, 5.41) is 3.56. The molecule has 0 spiro atoms. The van der Waals surface area contributed by atoms with Gasteiger partial charge in [0.15, 0.2) is 0 Å². The second-order valence-electron chi connectivity index (χ2n) is 4.95. The SMILES string of the molecule is CCC(NC1CCSCC1)C(=O)N1CCOCC1. The molecule has 5 heteroatoms. The van der Waals surface area contributed by atoms with Crippen LogP contribution in [-0.4, -0.2) is 60.7 Å². The minimum Gasteiger partial charge on any atom is -0.378 e. The molecule has 0 bridgehead atoms. The zero-order chi connectivity index (χ0) is 12.8. The molecule has 1 unspecified atom stereocenters. The molecule has 2 rings (SSSR count). The summed E-state index contributed by atoms with van der Waals surface area (Å²) in [6.45, 7) is 4.95. The average molecular weight is 272 g/mol. The Morgan fingerprint density at radius 2 is 2.06 bits per heavy atom. The molecule has 1 N–H and O–H groups in total. The number of nitrogens with one attached hydrogen (secondary N) is 1. The highest BCUT2D eigenvalue weighted by molar-refractivity contribution is 7.99. The van der Waals surface area contributed by atoms with Gasteiger partial charge in [0.05, 0.1) is 19.3 Å². The van der Waals surface area contributed by atoms with Crippen molar-refractivity contribution in [3.05, 3.63) is 0 Å². The lowest BCUT2D eigenvalue weighted by Crippen LogP contribution is -2.53. The quantitative estimate of drug-likeness (QED) is 0.832. The lowest BCUT2D eigenvalue weighted by molar-refractivity contribution is -0.137.